The van der Waals surface area contributed by atoms with Crippen LogP contribution in [0, 0.1) is 0 Å². The van der Waals surface area contributed by atoms with Crippen molar-refractivity contribution in [1.82, 2.24) is 20.1 Å². The van der Waals surface area contributed by atoms with Crippen molar-refractivity contribution < 1.29 is 14.3 Å². The summed E-state index contributed by atoms with van der Waals surface area (Å²) < 4.78 is 5.46. The maximum Gasteiger partial charge on any atom is 0.233 e. The van der Waals surface area contributed by atoms with E-state index in [0.717, 1.165) is 66.9 Å². The third kappa shape index (κ3) is 5.66. The molecule has 2 atom stereocenters. The highest BCUT2D eigenvalue weighted by Crippen LogP contribution is 2.52. The monoisotopic (exact) mass is 604 g/mol. The van der Waals surface area contributed by atoms with Crippen molar-refractivity contribution in [2.24, 2.45) is 0 Å². The van der Waals surface area contributed by atoms with E-state index in [1.165, 1.54) is 0 Å². The fraction of sp³-hybridized carbons (Fsp3) is 0.333. The molecule has 218 valence electrons. The first-order valence-electron chi connectivity index (χ1n) is 14.4. The average molecular weight is 606 g/mol. The van der Waals surface area contributed by atoms with Crippen molar-refractivity contribution in [2.75, 3.05) is 39.4 Å². The minimum atomic E-state index is -1.14. The summed E-state index contributed by atoms with van der Waals surface area (Å²) in [5.74, 6) is -0.221. The van der Waals surface area contributed by atoms with Crippen LogP contribution in [-0.2, 0) is 26.3 Å². The van der Waals surface area contributed by atoms with Gasteiger partial charge in [0.1, 0.15) is 5.41 Å². The van der Waals surface area contributed by atoms with E-state index >= 15 is 0 Å². The first kappa shape index (κ1) is 28.7. The van der Waals surface area contributed by atoms with Gasteiger partial charge in [0.2, 0.25) is 11.8 Å². The number of carbonyl (C=O) groups excluding carboxylic acids is 2. The molecular weight excluding hydrogens is 571 g/mol. The van der Waals surface area contributed by atoms with Gasteiger partial charge < -0.3 is 19.9 Å². The highest BCUT2D eigenvalue weighted by Gasteiger charge is 2.58. The van der Waals surface area contributed by atoms with E-state index in [2.05, 4.69) is 15.2 Å². The smallest absolute Gasteiger partial charge is 0.233 e. The molecule has 0 spiro atoms. The molecule has 2 amide bonds. The number of hydrogen-bond donors (Lipinski definition) is 2. The molecule has 9 heteroatoms. The lowest BCUT2D eigenvalue weighted by atomic mass is 9.70. The van der Waals surface area contributed by atoms with E-state index < -0.39 is 11.5 Å². The normalized spacial score (nSPS) is 21.2. The van der Waals surface area contributed by atoms with Crippen LogP contribution in [0.1, 0.15) is 35.6 Å². The van der Waals surface area contributed by atoms with Crippen LogP contribution in [0.2, 0.25) is 10.0 Å². The Morgan fingerprint density at radius 3 is 2.50 bits per heavy atom. The highest BCUT2D eigenvalue weighted by atomic mass is 35.5. The van der Waals surface area contributed by atoms with E-state index in [9.17, 15) is 9.59 Å². The van der Waals surface area contributed by atoms with Gasteiger partial charge in [-0.05, 0) is 48.4 Å². The number of aromatic amines is 1. The zero-order valence-electron chi connectivity index (χ0n) is 23.3. The quantitative estimate of drug-likeness (QED) is 0.239. The number of H-pyrrole nitrogens is 1. The number of hydrogen-bond acceptors (Lipinski definition) is 4. The molecule has 2 aliphatic heterocycles. The summed E-state index contributed by atoms with van der Waals surface area (Å²) in [7, 11) is 0. The van der Waals surface area contributed by atoms with Crippen LogP contribution in [0.3, 0.4) is 0 Å². The van der Waals surface area contributed by atoms with Crippen molar-refractivity contribution in [3.63, 3.8) is 0 Å². The fourth-order valence-corrected chi connectivity index (χ4v) is 6.71. The molecule has 3 aromatic carbocycles. The summed E-state index contributed by atoms with van der Waals surface area (Å²) in [5.41, 5.74) is 2.36. The summed E-state index contributed by atoms with van der Waals surface area (Å²) >= 11 is 12.5. The third-order valence-corrected chi connectivity index (χ3v) is 8.99. The molecule has 0 bridgehead atoms. The minimum absolute atomic E-state index is 0.0603. The summed E-state index contributed by atoms with van der Waals surface area (Å²) in [4.78, 5) is 36.1. The molecule has 4 aromatic rings. The van der Waals surface area contributed by atoms with Crippen LogP contribution in [0.15, 0.2) is 79.0 Å². The Morgan fingerprint density at radius 2 is 1.74 bits per heavy atom. The third-order valence-electron chi connectivity index (χ3n) is 8.50. The Kier molecular flexibility index (Phi) is 8.54. The number of rotatable bonds is 9. The maximum atomic E-state index is 14.5. The predicted octanol–water partition coefficient (Wildman–Crippen LogP) is 5.72. The van der Waals surface area contributed by atoms with Crippen LogP contribution in [-0.4, -0.2) is 66.0 Å². The van der Waals surface area contributed by atoms with Gasteiger partial charge >= 0.3 is 0 Å². The maximum absolute atomic E-state index is 14.5. The Bertz CT molecular complexity index is 1550. The van der Waals surface area contributed by atoms with Crippen molar-refractivity contribution >= 4 is 45.9 Å². The lowest BCUT2D eigenvalue weighted by Crippen LogP contribution is -2.49. The molecule has 2 fully saturated rings. The van der Waals surface area contributed by atoms with E-state index in [0.29, 0.717) is 23.1 Å². The number of nitrogens with one attached hydrogen (secondary N) is 2. The first-order chi connectivity index (χ1) is 20.5. The van der Waals surface area contributed by atoms with Crippen LogP contribution in [0.25, 0.3) is 10.9 Å². The van der Waals surface area contributed by atoms with Crippen molar-refractivity contribution in [1.29, 1.82) is 0 Å². The summed E-state index contributed by atoms with van der Waals surface area (Å²) in [5, 5.41) is 5.42. The average Bonchev–Trinajstić information content (AvgIpc) is 3.55. The van der Waals surface area contributed by atoms with Crippen molar-refractivity contribution in [3.8, 4) is 0 Å². The van der Waals surface area contributed by atoms with Gasteiger partial charge in [-0.3, -0.25) is 14.5 Å². The Hall–Kier alpha value is -3.36. The van der Waals surface area contributed by atoms with Crippen LogP contribution in [0.5, 0.6) is 0 Å². The van der Waals surface area contributed by atoms with Gasteiger partial charge in [-0.2, -0.15) is 0 Å². The van der Waals surface area contributed by atoms with Gasteiger partial charge in [-0.1, -0.05) is 71.7 Å². The molecule has 0 aliphatic carbocycles. The molecule has 7 nitrogen and oxygen atoms in total. The lowest BCUT2D eigenvalue weighted by Gasteiger charge is -2.37. The highest BCUT2D eigenvalue weighted by molar-refractivity contribution is 6.31. The van der Waals surface area contributed by atoms with Crippen molar-refractivity contribution in [2.45, 2.75) is 30.8 Å². The molecular formula is C33H34Cl2N4O3. The van der Waals surface area contributed by atoms with Gasteiger partial charge in [-0.15, -0.1) is 0 Å². The van der Waals surface area contributed by atoms with Crippen molar-refractivity contribution in [3.05, 3.63) is 106 Å². The second-order valence-electron chi connectivity index (χ2n) is 11.1. The topological polar surface area (TPSA) is 77.7 Å². The van der Waals surface area contributed by atoms with Crippen LogP contribution < -0.4 is 5.32 Å². The largest absolute Gasteiger partial charge is 0.379 e. The Morgan fingerprint density at radius 1 is 1.00 bits per heavy atom. The van der Waals surface area contributed by atoms with E-state index in [4.69, 9.17) is 27.9 Å². The second kappa shape index (κ2) is 12.5. The van der Waals surface area contributed by atoms with Gasteiger partial charge in [-0.25, -0.2) is 0 Å². The van der Waals surface area contributed by atoms with Gasteiger partial charge in [0.25, 0.3) is 0 Å². The van der Waals surface area contributed by atoms with E-state index in [-0.39, 0.29) is 18.2 Å². The molecule has 3 heterocycles. The standard InChI is InChI=1S/C33H34Cl2N4O3/c34-25-9-7-23(8-10-25)22-39-30(40)20-33(24-5-2-1-3-6-24,32(41)36-13-4-14-38-15-17-42-18-16-38)31(39)28-21-37-29-19-26(35)11-12-27(28)29/h1-3,5-12,19,21,31,37H,4,13-18,20,22H2,(H,36,41)/t31-,33-/m0/s1. The molecule has 0 saturated carbocycles. The first-order valence-corrected chi connectivity index (χ1v) is 15.2. The lowest BCUT2D eigenvalue weighted by molar-refractivity contribution is -0.130. The predicted molar refractivity (Wildman–Crippen MR) is 166 cm³/mol. The molecule has 2 N–H and O–H groups in total. The zero-order chi connectivity index (χ0) is 29.1. The van der Waals surface area contributed by atoms with E-state index in [1.807, 2.05) is 83.9 Å². The van der Waals surface area contributed by atoms with Crippen LogP contribution in [0.4, 0.5) is 0 Å². The Balaban J connectivity index is 1.40. The number of likely N-dealkylation sites (tertiary alicyclic amines) is 1. The number of fused-ring (bicyclic) bond motifs is 1. The second-order valence-corrected chi connectivity index (χ2v) is 11.9. The minimum Gasteiger partial charge on any atom is -0.379 e. The fourth-order valence-electron chi connectivity index (χ4n) is 6.41. The summed E-state index contributed by atoms with van der Waals surface area (Å²) in [6.07, 6.45) is 2.79. The number of halogens is 2. The van der Waals surface area contributed by atoms with Gasteiger partial charge in [0, 0.05) is 65.3 Å². The summed E-state index contributed by atoms with van der Waals surface area (Å²) in [6.45, 7) is 5.05. The molecule has 6 rings (SSSR count). The number of amides is 2. The van der Waals surface area contributed by atoms with E-state index in [1.54, 1.807) is 0 Å². The number of carbonyl (C=O) groups is 2. The number of aromatic nitrogens is 1. The zero-order valence-corrected chi connectivity index (χ0v) is 24.8. The van der Waals surface area contributed by atoms with Crippen LogP contribution >= 0.6 is 23.2 Å². The number of morpholine rings is 1. The molecule has 42 heavy (non-hydrogen) atoms. The SMILES string of the molecule is O=C1C[C@](C(=O)NCCCN2CCOCC2)(c2ccccc2)[C@H](c2c[nH]c3cc(Cl)ccc23)N1Cc1ccc(Cl)cc1. The molecule has 0 radical (unpaired) electrons. The molecule has 0 unspecified atom stereocenters. The summed E-state index contributed by atoms with van der Waals surface area (Å²) in [6, 6.07) is 22.3. The Labute approximate surface area is 255 Å². The molecule has 1 aromatic heterocycles. The number of nitrogens with zero attached hydrogens (tertiary/aromatic N) is 2. The number of ether oxygens (including phenoxy) is 1. The molecule has 2 saturated heterocycles. The van der Waals surface area contributed by atoms with Gasteiger partial charge in [0.05, 0.1) is 19.3 Å². The number of benzene rings is 3. The molecule has 2 aliphatic rings. The van der Waals surface area contributed by atoms with Gasteiger partial charge in [0.15, 0.2) is 0 Å².